The van der Waals surface area contributed by atoms with Crippen molar-refractivity contribution in [3.63, 3.8) is 0 Å². The second-order valence-electron chi connectivity index (χ2n) is 3.44. The van der Waals surface area contributed by atoms with Crippen LogP contribution in [0.2, 0.25) is 0 Å². The van der Waals surface area contributed by atoms with Gasteiger partial charge in [0.25, 0.3) is 0 Å². The van der Waals surface area contributed by atoms with Gasteiger partial charge in [0.05, 0.1) is 0 Å². The quantitative estimate of drug-likeness (QED) is 0.804. The fourth-order valence-electron chi connectivity index (χ4n) is 1.38. The molecule has 3 nitrogen and oxygen atoms in total. The third-order valence-electron chi connectivity index (χ3n) is 2.23. The minimum absolute atomic E-state index is 0.0210. The molecule has 0 amide bonds. The van der Waals surface area contributed by atoms with E-state index in [0.29, 0.717) is 12.0 Å². The first-order valence-electron chi connectivity index (χ1n) is 4.71. The Balaban J connectivity index is 2.75. The van der Waals surface area contributed by atoms with E-state index >= 15 is 0 Å². The molecule has 0 heterocycles. The first kappa shape index (κ1) is 11.5. The van der Waals surface area contributed by atoms with Crippen LogP contribution >= 0.6 is 0 Å². The van der Waals surface area contributed by atoms with Crippen LogP contribution in [0.3, 0.4) is 0 Å². The molecule has 0 unspecified atom stereocenters. The van der Waals surface area contributed by atoms with Crippen molar-refractivity contribution in [1.29, 1.82) is 0 Å². The van der Waals surface area contributed by atoms with Crippen LogP contribution in [0.15, 0.2) is 12.1 Å². The predicted molar refractivity (Wildman–Crippen MR) is 53.4 cm³/mol. The minimum Gasteiger partial charge on any atom is -0.508 e. The van der Waals surface area contributed by atoms with Crippen molar-refractivity contribution in [3.8, 4) is 5.75 Å². The van der Waals surface area contributed by atoms with Crippen molar-refractivity contribution in [1.82, 2.24) is 0 Å². The lowest BCUT2D eigenvalue weighted by atomic mass is 10.0. The summed E-state index contributed by atoms with van der Waals surface area (Å²) in [4.78, 5) is 10.3. The lowest BCUT2D eigenvalue weighted by Gasteiger charge is -2.07. The normalized spacial score (nSPS) is 10.3. The van der Waals surface area contributed by atoms with E-state index in [9.17, 15) is 14.3 Å². The summed E-state index contributed by atoms with van der Waals surface area (Å²) in [7, 11) is 0. The van der Waals surface area contributed by atoms with Gasteiger partial charge in [-0.15, -0.1) is 0 Å². The number of aromatic hydroxyl groups is 1. The van der Waals surface area contributed by atoms with Gasteiger partial charge in [-0.3, -0.25) is 4.79 Å². The average molecular weight is 212 g/mol. The molecule has 0 saturated heterocycles. The average Bonchev–Trinajstić information content (AvgIpc) is 2.17. The second kappa shape index (κ2) is 4.77. The lowest BCUT2D eigenvalue weighted by molar-refractivity contribution is -0.137. The standard InChI is InChI=1S/C11H13FO3/c1-7-5-6-9(13)8(11(7)12)3-2-4-10(14)15/h5-6,13H,2-4H2,1H3,(H,14,15). The van der Waals surface area contributed by atoms with Gasteiger partial charge >= 0.3 is 5.97 Å². The molecular weight excluding hydrogens is 199 g/mol. The predicted octanol–water partition coefficient (Wildman–Crippen LogP) is 2.25. The molecule has 1 aromatic carbocycles. The van der Waals surface area contributed by atoms with Gasteiger partial charge in [-0.25, -0.2) is 4.39 Å². The Morgan fingerprint density at radius 1 is 1.47 bits per heavy atom. The summed E-state index contributed by atoms with van der Waals surface area (Å²) in [5.41, 5.74) is 0.661. The maximum absolute atomic E-state index is 13.5. The highest BCUT2D eigenvalue weighted by Crippen LogP contribution is 2.24. The van der Waals surface area contributed by atoms with E-state index in [-0.39, 0.29) is 24.2 Å². The molecule has 15 heavy (non-hydrogen) atoms. The summed E-state index contributed by atoms with van der Waals surface area (Å²) in [5, 5.41) is 17.8. The molecule has 0 fully saturated rings. The largest absolute Gasteiger partial charge is 0.508 e. The van der Waals surface area contributed by atoms with Gasteiger partial charge in [-0.1, -0.05) is 6.07 Å². The number of carboxylic acid groups (broad SMARTS) is 1. The number of rotatable bonds is 4. The van der Waals surface area contributed by atoms with Crippen LogP contribution in [-0.2, 0) is 11.2 Å². The van der Waals surface area contributed by atoms with Crippen LogP contribution in [0.5, 0.6) is 5.75 Å². The van der Waals surface area contributed by atoms with E-state index in [0.717, 1.165) is 0 Å². The molecule has 0 bridgehead atoms. The number of benzene rings is 1. The molecule has 0 spiro atoms. The fourth-order valence-corrected chi connectivity index (χ4v) is 1.38. The van der Waals surface area contributed by atoms with Gasteiger partial charge in [0.2, 0.25) is 0 Å². The zero-order chi connectivity index (χ0) is 11.4. The summed E-state index contributed by atoms with van der Waals surface area (Å²) in [6.45, 7) is 1.61. The van der Waals surface area contributed by atoms with Crippen LogP contribution in [0.1, 0.15) is 24.0 Å². The molecule has 4 heteroatoms. The SMILES string of the molecule is Cc1ccc(O)c(CCCC(=O)O)c1F. The number of halogens is 1. The number of hydrogen-bond donors (Lipinski definition) is 2. The molecule has 1 rings (SSSR count). The fraction of sp³-hybridized carbons (Fsp3) is 0.364. The van der Waals surface area contributed by atoms with Gasteiger partial charge < -0.3 is 10.2 Å². The molecule has 2 N–H and O–H groups in total. The lowest BCUT2D eigenvalue weighted by Crippen LogP contribution is -1.99. The molecule has 0 aliphatic rings. The highest BCUT2D eigenvalue weighted by Gasteiger charge is 2.10. The Labute approximate surface area is 87.2 Å². The minimum atomic E-state index is -0.914. The van der Waals surface area contributed by atoms with Crippen molar-refractivity contribution in [3.05, 3.63) is 29.1 Å². The van der Waals surface area contributed by atoms with Gasteiger partial charge in [0, 0.05) is 12.0 Å². The molecule has 0 saturated carbocycles. The maximum Gasteiger partial charge on any atom is 0.303 e. The first-order valence-corrected chi connectivity index (χ1v) is 4.71. The van der Waals surface area contributed by atoms with Crippen LogP contribution < -0.4 is 0 Å². The van der Waals surface area contributed by atoms with Gasteiger partial charge in [-0.05, 0) is 31.4 Å². The molecule has 0 aliphatic carbocycles. The highest BCUT2D eigenvalue weighted by molar-refractivity contribution is 5.66. The van der Waals surface area contributed by atoms with E-state index < -0.39 is 11.8 Å². The van der Waals surface area contributed by atoms with E-state index in [2.05, 4.69) is 0 Å². The molecular formula is C11H13FO3. The number of phenols is 1. The molecule has 0 aliphatic heterocycles. The van der Waals surface area contributed by atoms with Crippen LogP contribution in [0, 0.1) is 12.7 Å². The number of aliphatic carboxylic acids is 1. The summed E-state index contributed by atoms with van der Waals surface area (Å²) in [6.07, 6.45) is 0.543. The number of hydrogen-bond acceptors (Lipinski definition) is 2. The zero-order valence-corrected chi connectivity index (χ0v) is 8.46. The topological polar surface area (TPSA) is 57.5 Å². The Bertz CT molecular complexity index is 374. The molecule has 0 atom stereocenters. The number of carboxylic acids is 1. The Kier molecular flexibility index (Phi) is 3.66. The summed E-state index contributed by atoms with van der Waals surface area (Å²) in [5.74, 6) is -1.47. The van der Waals surface area contributed by atoms with Crippen molar-refractivity contribution in [2.45, 2.75) is 26.2 Å². The number of carbonyl (C=O) groups is 1. The van der Waals surface area contributed by atoms with E-state index in [1.807, 2.05) is 0 Å². The zero-order valence-electron chi connectivity index (χ0n) is 8.46. The van der Waals surface area contributed by atoms with Crippen molar-refractivity contribution in [2.24, 2.45) is 0 Å². The van der Waals surface area contributed by atoms with Gasteiger partial charge in [0.1, 0.15) is 11.6 Å². The Morgan fingerprint density at radius 2 is 2.13 bits per heavy atom. The maximum atomic E-state index is 13.5. The third kappa shape index (κ3) is 2.94. The summed E-state index contributed by atoms with van der Waals surface area (Å²) in [6, 6.07) is 2.92. The van der Waals surface area contributed by atoms with E-state index in [1.54, 1.807) is 6.92 Å². The van der Waals surface area contributed by atoms with E-state index in [1.165, 1.54) is 12.1 Å². The number of phenolic OH excluding ortho intramolecular Hbond substituents is 1. The number of aryl methyl sites for hydroxylation is 1. The monoisotopic (exact) mass is 212 g/mol. The second-order valence-corrected chi connectivity index (χ2v) is 3.44. The molecule has 0 radical (unpaired) electrons. The van der Waals surface area contributed by atoms with Crippen molar-refractivity contribution in [2.75, 3.05) is 0 Å². The van der Waals surface area contributed by atoms with Crippen molar-refractivity contribution < 1.29 is 19.4 Å². The van der Waals surface area contributed by atoms with Crippen LogP contribution in [0.25, 0.3) is 0 Å². The summed E-state index contributed by atoms with van der Waals surface area (Å²) >= 11 is 0. The van der Waals surface area contributed by atoms with Gasteiger partial charge in [-0.2, -0.15) is 0 Å². The molecule has 1 aromatic rings. The smallest absolute Gasteiger partial charge is 0.303 e. The third-order valence-corrected chi connectivity index (χ3v) is 2.23. The Morgan fingerprint density at radius 3 is 2.73 bits per heavy atom. The molecule has 82 valence electrons. The Hall–Kier alpha value is -1.58. The van der Waals surface area contributed by atoms with Crippen molar-refractivity contribution >= 4 is 5.97 Å². The molecule has 0 aromatic heterocycles. The van der Waals surface area contributed by atoms with E-state index in [4.69, 9.17) is 5.11 Å². The van der Waals surface area contributed by atoms with Gasteiger partial charge in [0.15, 0.2) is 0 Å². The summed E-state index contributed by atoms with van der Waals surface area (Å²) < 4.78 is 13.5. The highest BCUT2D eigenvalue weighted by atomic mass is 19.1. The van der Waals surface area contributed by atoms with Crippen LogP contribution in [-0.4, -0.2) is 16.2 Å². The first-order chi connectivity index (χ1) is 7.02. The van der Waals surface area contributed by atoms with Crippen LogP contribution in [0.4, 0.5) is 4.39 Å².